The molecule has 0 saturated carbocycles. The van der Waals surface area contributed by atoms with E-state index in [1.807, 2.05) is 30.3 Å². The summed E-state index contributed by atoms with van der Waals surface area (Å²) in [5.74, 6) is 2.04. The van der Waals surface area contributed by atoms with Gasteiger partial charge in [0, 0.05) is 35.7 Å². The summed E-state index contributed by atoms with van der Waals surface area (Å²) in [4.78, 5) is 4.22. The molecule has 0 amide bonds. The van der Waals surface area contributed by atoms with Crippen molar-refractivity contribution >= 4 is 53.1 Å². The van der Waals surface area contributed by atoms with Crippen LogP contribution in [0.4, 0.5) is 0 Å². The maximum Gasteiger partial charge on any atom is 0.191 e. The molecular formula is C18H22Cl2IN3O2. The third-order valence-electron chi connectivity index (χ3n) is 3.62. The first kappa shape index (κ1) is 22.7. The zero-order valence-corrected chi connectivity index (χ0v) is 18.6. The second-order valence-electron chi connectivity index (χ2n) is 5.17. The van der Waals surface area contributed by atoms with Crippen LogP contribution >= 0.6 is 47.2 Å². The van der Waals surface area contributed by atoms with Gasteiger partial charge in [0.15, 0.2) is 17.5 Å². The number of benzene rings is 2. The molecule has 26 heavy (non-hydrogen) atoms. The van der Waals surface area contributed by atoms with Crippen LogP contribution in [0.3, 0.4) is 0 Å². The minimum atomic E-state index is 0. The van der Waals surface area contributed by atoms with Crippen LogP contribution in [-0.4, -0.2) is 27.2 Å². The first-order chi connectivity index (χ1) is 12.1. The Morgan fingerprint density at radius 1 is 1.00 bits per heavy atom. The number of hydrogen-bond donors (Lipinski definition) is 2. The van der Waals surface area contributed by atoms with Gasteiger partial charge in [-0.2, -0.15) is 0 Å². The summed E-state index contributed by atoms with van der Waals surface area (Å²) in [5.41, 5.74) is 1.90. The molecule has 0 fully saturated rings. The van der Waals surface area contributed by atoms with Crippen LogP contribution in [-0.2, 0) is 13.1 Å². The summed E-state index contributed by atoms with van der Waals surface area (Å²) in [6.45, 7) is 1.07. The molecular weight excluding hydrogens is 488 g/mol. The molecule has 0 bridgehead atoms. The zero-order valence-electron chi connectivity index (χ0n) is 14.8. The van der Waals surface area contributed by atoms with E-state index in [9.17, 15) is 0 Å². The molecule has 2 N–H and O–H groups in total. The molecule has 2 aromatic carbocycles. The predicted octanol–water partition coefficient (Wildman–Crippen LogP) is 4.49. The predicted molar refractivity (Wildman–Crippen MR) is 118 cm³/mol. The van der Waals surface area contributed by atoms with Crippen molar-refractivity contribution in [3.05, 3.63) is 57.6 Å². The van der Waals surface area contributed by atoms with Gasteiger partial charge < -0.3 is 20.1 Å². The molecule has 0 aliphatic heterocycles. The molecule has 142 valence electrons. The summed E-state index contributed by atoms with van der Waals surface area (Å²) in [5, 5.41) is 7.70. The van der Waals surface area contributed by atoms with Gasteiger partial charge in [0.25, 0.3) is 0 Å². The number of ether oxygens (including phenoxy) is 2. The molecule has 5 nitrogen and oxygen atoms in total. The lowest BCUT2D eigenvalue weighted by molar-refractivity contribution is 0.351. The van der Waals surface area contributed by atoms with E-state index < -0.39 is 0 Å². The quantitative estimate of drug-likeness (QED) is 0.342. The monoisotopic (exact) mass is 509 g/mol. The standard InChI is InChI=1S/C18H21Cl2N3O2.HI/c1-21-18(22-10-12-7-8-14(19)9-15(12)20)23-11-13-5-4-6-16(24-2)17(13)25-3;/h4-9H,10-11H2,1-3H3,(H2,21,22,23);1H. The van der Waals surface area contributed by atoms with Crippen molar-refractivity contribution in [3.63, 3.8) is 0 Å². The highest BCUT2D eigenvalue weighted by atomic mass is 127. The average Bonchev–Trinajstić information content (AvgIpc) is 2.62. The third-order valence-corrected chi connectivity index (χ3v) is 4.20. The number of guanidine groups is 1. The second kappa shape index (κ2) is 11.4. The SMILES string of the molecule is CN=C(NCc1ccc(Cl)cc1Cl)NCc1cccc(OC)c1OC.I. The molecule has 0 unspecified atom stereocenters. The smallest absolute Gasteiger partial charge is 0.191 e. The lowest BCUT2D eigenvalue weighted by Gasteiger charge is -2.16. The number of hydrogen-bond acceptors (Lipinski definition) is 3. The molecule has 0 aromatic heterocycles. The van der Waals surface area contributed by atoms with Gasteiger partial charge in [-0.1, -0.05) is 41.4 Å². The first-order valence-electron chi connectivity index (χ1n) is 7.67. The summed E-state index contributed by atoms with van der Waals surface area (Å²) >= 11 is 12.1. The Balaban J connectivity index is 0.00000338. The Kier molecular flexibility index (Phi) is 9.90. The Morgan fingerprint density at radius 3 is 2.27 bits per heavy atom. The van der Waals surface area contributed by atoms with Gasteiger partial charge in [0.2, 0.25) is 0 Å². The van der Waals surface area contributed by atoms with Crippen molar-refractivity contribution in [3.8, 4) is 11.5 Å². The Hall–Kier alpha value is -1.38. The minimum absolute atomic E-state index is 0. The van der Waals surface area contributed by atoms with Crippen molar-refractivity contribution in [2.45, 2.75) is 13.1 Å². The molecule has 0 aliphatic carbocycles. The highest BCUT2D eigenvalue weighted by Gasteiger charge is 2.10. The van der Waals surface area contributed by atoms with Crippen molar-refractivity contribution in [2.75, 3.05) is 21.3 Å². The number of nitrogens with one attached hydrogen (secondary N) is 2. The maximum atomic E-state index is 6.19. The van der Waals surface area contributed by atoms with E-state index in [4.69, 9.17) is 32.7 Å². The molecule has 0 aliphatic rings. The Morgan fingerprint density at radius 2 is 1.69 bits per heavy atom. The maximum absolute atomic E-state index is 6.19. The number of nitrogens with zero attached hydrogens (tertiary/aromatic N) is 1. The fourth-order valence-electron chi connectivity index (χ4n) is 2.34. The number of para-hydroxylation sites is 1. The average molecular weight is 510 g/mol. The number of rotatable bonds is 6. The second-order valence-corrected chi connectivity index (χ2v) is 6.01. The van der Waals surface area contributed by atoms with Crippen LogP contribution in [0.25, 0.3) is 0 Å². The van der Waals surface area contributed by atoms with Crippen LogP contribution in [0, 0.1) is 0 Å². The topological polar surface area (TPSA) is 54.9 Å². The summed E-state index contributed by atoms with van der Waals surface area (Å²) in [6, 6.07) is 11.2. The van der Waals surface area contributed by atoms with E-state index >= 15 is 0 Å². The summed E-state index contributed by atoms with van der Waals surface area (Å²) in [7, 11) is 4.95. The van der Waals surface area contributed by atoms with Gasteiger partial charge >= 0.3 is 0 Å². The Bertz CT molecular complexity index is 757. The van der Waals surface area contributed by atoms with Crippen molar-refractivity contribution in [1.29, 1.82) is 0 Å². The summed E-state index contributed by atoms with van der Waals surface area (Å²) < 4.78 is 10.7. The minimum Gasteiger partial charge on any atom is -0.493 e. The van der Waals surface area contributed by atoms with Crippen molar-refractivity contribution < 1.29 is 9.47 Å². The molecule has 2 rings (SSSR count). The largest absolute Gasteiger partial charge is 0.493 e. The van der Waals surface area contributed by atoms with Crippen LogP contribution in [0.15, 0.2) is 41.4 Å². The van der Waals surface area contributed by atoms with E-state index in [1.54, 1.807) is 27.3 Å². The van der Waals surface area contributed by atoms with Crippen molar-refractivity contribution in [2.24, 2.45) is 4.99 Å². The lowest BCUT2D eigenvalue weighted by atomic mass is 10.2. The third kappa shape index (κ3) is 6.10. The van der Waals surface area contributed by atoms with Crippen LogP contribution in [0.2, 0.25) is 10.0 Å². The van der Waals surface area contributed by atoms with Crippen LogP contribution in [0.1, 0.15) is 11.1 Å². The molecule has 0 radical (unpaired) electrons. The van der Waals surface area contributed by atoms with Gasteiger partial charge in [-0.05, 0) is 23.8 Å². The first-order valence-corrected chi connectivity index (χ1v) is 8.43. The molecule has 8 heteroatoms. The molecule has 0 heterocycles. The normalized spacial score (nSPS) is 10.7. The van der Waals surface area contributed by atoms with E-state index in [0.29, 0.717) is 40.6 Å². The van der Waals surface area contributed by atoms with E-state index in [1.165, 1.54) is 0 Å². The van der Waals surface area contributed by atoms with Gasteiger partial charge in [-0.3, -0.25) is 4.99 Å². The van der Waals surface area contributed by atoms with E-state index in [0.717, 1.165) is 11.1 Å². The lowest BCUT2D eigenvalue weighted by Crippen LogP contribution is -2.36. The van der Waals surface area contributed by atoms with Gasteiger partial charge in [-0.15, -0.1) is 24.0 Å². The fourth-order valence-corrected chi connectivity index (χ4v) is 2.81. The molecule has 0 spiro atoms. The molecule has 2 aromatic rings. The number of aliphatic imine (C=N–C) groups is 1. The van der Waals surface area contributed by atoms with Gasteiger partial charge in [-0.25, -0.2) is 0 Å². The van der Waals surface area contributed by atoms with Gasteiger partial charge in [0.05, 0.1) is 14.2 Å². The van der Waals surface area contributed by atoms with Crippen LogP contribution < -0.4 is 20.1 Å². The highest BCUT2D eigenvalue weighted by molar-refractivity contribution is 14.0. The van der Waals surface area contributed by atoms with Gasteiger partial charge in [0.1, 0.15) is 0 Å². The Labute approximate surface area is 181 Å². The van der Waals surface area contributed by atoms with Crippen molar-refractivity contribution in [1.82, 2.24) is 10.6 Å². The fraction of sp³-hybridized carbons (Fsp3) is 0.278. The number of methoxy groups -OCH3 is 2. The zero-order chi connectivity index (χ0) is 18.2. The number of halogens is 3. The van der Waals surface area contributed by atoms with Crippen LogP contribution in [0.5, 0.6) is 11.5 Å². The van der Waals surface area contributed by atoms with E-state index in [-0.39, 0.29) is 24.0 Å². The molecule has 0 saturated heterocycles. The molecule has 0 atom stereocenters. The summed E-state index contributed by atoms with van der Waals surface area (Å²) in [6.07, 6.45) is 0. The highest BCUT2D eigenvalue weighted by Crippen LogP contribution is 2.30. The van der Waals surface area contributed by atoms with E-state index in [2.05, 4.69) is 15.6 Å².